The van der Waals surface area contributed by atoms with Gasteiger partial charge in [0.05, 0.1) is 19.1 Å². The number of ether oxygens (including phenoxy) is 1. The van der Waals surface area contributed by atoms with Gasteiger partial charge < -0.3 is 15.8 Å². The van der Waals surface area contributed by atoms with Crippen molar-refractivity contribution >= 4 is 30.7 Å². The molecular formula is C15H29Cl2N3O2. The van der Waals surface area contributed by atoms with Crippen molar-refractivity contribution in [2.45, 2.75) is 31.7 Å². The predicted octanol–water partition coefficient (Wildman–Crippen LogP) is 1.04. The first kappa shape index (κ1) is 20.0. The van der Waals surface area contributed by atoms with E-state index in [1.54, 1.807) is 0 Å². The molecule has 1 aliphatic heterocycles. The van der Waals surface area contributed by atoms with Crippen LogP contribution >= 0.6 is 24.8 Å². The number of amides is 1. The van der Waals surface area contributed by atoms with Gasteiger partial charge in [-0.05, 0) is 44.1 Å². The highest BCUT2D eigenvalue weighted by Gasteiger charge is 2.48. The van der Waals surface area contributed by atoms with Crippen LogP contribution in [0.4, 0.5) is 0 Å². The summed E-state index contributed by atoms with van der Waals surface area (Å²) in [5, 5.41) is 3.10. The normalized spacial score (nSPS) is 33.9. The third-order valence-electron chi connectivity index (χ3n) is 5.34. The van der Waals surface area contributed by atoms with E-state index in [4.69, 9.17) is 10.5 Å². The van der Waals surface area contributed by atoms with Crippen molar-refractivity contribution in [1.82, 2.24) is 10.2 Å². The minimum absolute atomic E-state index is 0. The second kappa shape index (κ2) is 9.28. The molecule has 130 valence electrons. The number of nitrogens with one attached hydrogen (secondary N) is 1. The fourth-order valence-corrected chi connectivity index (χ4v) is 4.18. The molecule has 3 rings (SSSR count). The summed E-state index contributed by atoms with van der Waals surface area (Å²) in [6.45, 7) is 5.54. The molecule has 2 saturated carbocycles. The van der Waals surface area contributed by atoms with Gasteiger partial charge >= 0.3 is 0 Å². The lowest BCUT2D eigenvalue weighted by atomic mass is 9.84. The van der Waals surface area contributed by atoms with E-state index in [9.17, 15) is 4.79 Å². The summed E-state index contributed by atoms with van der Waals surface area (Å²) < 4.78 is 5.33. The Morgan fingerprint density at radius 2 is 1.86 bits per heavy atom. The summed E-state index contributed by atoms with van der Waals surface area (Å²) in [4.78, 5) is 14.7. The molecule has 4 atom stereocenters. The smallest absolute Gasteiger partial charge is 0.224 e. The van der Waals surface area contributed by atoms with Crippen LogP contribution in [-0.2, 0) is 9.53 Å². The molecule has 7 heteroatoms. The summed E-state index contributed by atoms with van der Waals surface area (Å²) in [6.07, 6.45) is 4.62. The number of nitrogens with zero attached hydrogens (tertiary/aromatic N) is 1. The summed E-state index contributed by atoms with van der Waals surface area (Å²) >= 11 is 0. The molecule has 0 aromatic heterocycles. The van der Waals surface area contributed by atoms with Gasteiger partial charge in [0, 0.05) is 25.7 Å². The van der Waals surface area contributed by atoms with Gasteiger partial charge in [0.25, 0.3) is 0 Å². The summed E-state index contributed by atoms with van der Waals surface area (Å²) in [7, 11) is 0. The van der Waals surface area contributed by atoms with Gasteiger partial charge in [0.15, 0.2) is 0 Å². The van der Waals surface area contributed by atoms with E-state index in [1.807, 2.05) is 0 Å². The molecule has 3 fully saturated rings. The third-order valence-corrected chi connectivity index (χ3v) is 5.34. The Balaban J connectivity index is 0.00000121. The number of halogens is 2. The van der Waals surface area contributed by atoms with E-state index < -0.39 is 0 Å². The highest BCUT2D eigenvalue weighted by atomic mass is 35.5. The second-order valence-corrected chi connectivity index (χ2v) is 6.53. The van der Waals surface area contributed by atoms with E-state index in [1.165, 1.54) is 19.3 Å². The molecule has 0 radical (unpaired) electrons. The van der Waals surface area contributed by atoms with Crippen LogP contribution in [0.2, 0.25) is 0 Å². The van der Waals surface area contributed by atoms with Crippen molar-refractivity contribution in [3.05, 3.63) is 0 Å². The lowest BCUT2D eigenvalue weighted by Crippen LogP contribution is -2.46. The van der Waals surface area contributed by atoms with Crippen molar-refractivity contribution in [2.24, 2.45) is 23.5 Å². The predicted molar refractivity (Wildman–Crippen MR) is 91.7 cm³/mol. The highest BCUT2D eigenvalue weighted by molar-refractivity contribution is 5.85. The SMILES string of the molecule is Cl.Cl.NC1C2CCC(C2)C1C(=O)NCCCN1CCOCC1. The maximum atomic E-state index is 12.3. The molecule has 1 heterocycles. The lowest BCUT2D eigenvalue weighted by molar-refractivity contribution is -0.127. The molecule has 5 nitrogen and oxygen atoms in total. The van der Waals surface area contributed by atoms with Crippen LogP contribution in [0.15, 0.2) is 0 Å². The number of carbonyl (C=O) groups excluding carboxylic acids is 1. The number of rotatable bonds is 5. The first-order chi connectivity index (χ1) is 9.75. The van der Waals surface area contributed by atoms with Gasteiger partial charge in [-0.2, -0.15) is 0 Å². The van der Waals surface area contributed by atoms with Crippen LogP contribution in [0.3, 0.4) is 0 Å². The Bertz CT molecular complexity index is 352. The molecule has 4 unspecified atom stereocenters. The van der Waals surface area contributed by atoms with Gasteiger partial charge in [0.2, 0.25) is 5.91 Å². The van der Waals surface area contributed by atoms with Gasteiger partial charge in [0.1, 0.15) is 0 Å². The van der Waals surface area contributed by atoms with E-state index in [2.05, 4.69) is 10.2 Å². The lowest BCUT2D eigenvalue weighted by Gasteiger charge is -2.28. The van der Waals surface area contributed by atoms with Crippen molar-refractivity contribution in [3.63, 3.8) is 0 Å². The number of carbonyl (C=O) groups is 1. The molecule has 3 aliphatic rings. The zero-order valence-electron chi connectivity index (χ0n) is 13.0. The van der Waals surface area contributed by atoms with Gasteiger partial charge in [-0.1, -0.05) is 0 Å². The third kappa shape index (κ3) is 4.48. The zero-order chi connectivity index (χ0) is 13.9. The minimum Gasteiger partial charge on any atom is -0.379 e. The Hall–Kier alpha value is -0.0700. The van der Waals surface area contributed by atoms with Crippen LogP contribution < -0.4 is 11.1 Å². The molecular weight excluding hydrogens is 325 g/mol. The van der Waals surface area contributed by atoms with Gasteiger partial charge in [-0.15, -0.1) is 24.8 Å². The average Bonchev–Trinajstić information content (AvgIpc) is 3.05. The number of fused-ring (bicyclic) bond motifs is 2. The van der Waals surface area contributed by atoms with Crippen molar-refractivity contribution < 1.29 is 9.53 Å². The first-order valence-corrected chi connectivity index (χ1v) is 8.09. The van der Waals surface area contributed by atoms with Gasteiger partial charge in [-0.3, -0.25) is 9.69 Å². The largest absolute Gasteiger partial charge is 0.379 e. The van der Waals surface area contributed by atoms with E-state index in [-0.39, 0.29) is 42.7 Å². The van der Waals surface area contributed by atoms with Crippen LogP contribution in [0.25, 0.3) is 0 Å². The van der Waals surface area contributed by atoms with Crippen molar-refractivity contribution in [3.8, 4) is 0 Å². The fourth-order valence-electron chi connectivity index (χ4n) is 4.18. The topological polar surface area (TPSA) is 67.6 Å². The molecule has 1 amide bonds. The standard InChI is InChI=1S/C15H27N3O2.2ClH/c16-14-12-3-2-11(10-12)13(14)15(19)17-4-1-5-18-6-8-20-9-7-18;;/h11-14H,1-10,16H2,(H,17,19);2*1H. The van der Waals surface area contributed by atoms with Crippen LogP contribution in [0, 0.1) is 17.8 Å². The minimum atomic E-state index is 0. The molecule has 2 bridgehead atoms. The second-order valence-electron chi connectivity index (χ2n) is 6.53. The summed E-state index contributed by atoms with van der Waals surface area (Å²) in [5.41, 5.74) is 6.20. The number of morpholine rings is 1. The van der Waals surface area contributed by atoms with E-state index >= 15 is 0 Å². The number of hydrogen-bond donors (Lipinski definition) is 2. The summed E-state index contributed by atoms with van der Waals surface area (Å²) in [6, 6.07) is 0.105. The highest BCUT2D eigenvalue weighted by Crippen LogP contribution is 2.47. The van der Waals surface area contributed by atoms with Crippen molar-refractivity contribution in [1.29, 1.82) is 0 Å². The summed E-state index contributed by atoms with van der Waals surface area (Å²) in [5.74, 6) is 1.43. The van der Waals surface area contributed by atoms with E-state index in [0.29, 0.717) is 11.8 Å². The molecule has 2 aliphatic carbocycles. The maximum absolute atomic E-state index is 12.3. The Kier molecular flexibility index (Phi) is 8.43. The first-order valence-electron chi connectivity index (χ1n) is 8.09. The molecule has 1 saturated heterocycles. The average molecular weight is 354 g/mol. The van der Waals surface area contributed by atoms with E-state index in [0.717, 1.165) is 45.8 Å². The number of nitrogens with two attached hydrogens (primary N) is 1. The fraction of sp³-hybridized carbons (Fsp3) is 0.933. The molecule has 22 heavy (non-hydrogen) atoms. The Morgan fingerprint density at radius 3 is 2.50 bits per heavy atom. The quantitative estimate of drug-likeness (QED) is 0.724. The van der Waals surface area contributed by atoms with Crippen LogP contribution in [0.1, 0.15) is 25.7 Å². The Morgan fingerprint density at radius 1 is 1.18 bits per heavy atom. The molecule has 0 aromatic rings. The van der Waals surface area contributed by atoms with Crippen LogP contribution in [-0.4, -0.2) is 56.2 Å². The monoisotopic (exact) mass is 353 g/mol. The van der Waals surface area contributed by atoms with Gasteiger partial charge in [-0.25, -0.2) is 0 Å². The Labute approximate surface area is 145 Å². The van der Waals surface area contributed by atoms with Crippen molar-refractivity contribution in [2.75, 3.05) is 39.4 Å². The molecule has 0 spiro atoms. The molecule has 0 aromatic carbocycles. The number of hydrogen-bond acceptors (Lipinski definition) is 4. The maximum Gasteiger partial charge on any atom is 0.224 e. The zero-order valence-corrected chi connectivity index (χ0v) is 14.7. The molecule has 3 N–H and O–H groups in total. The van der Waals surface area contributed by atoms with Crippen LogP contribution in [0.5, 0.6) is 0 Å².